The van der Waals surface area contributed by atoms with Gasteiger partial charge in [0.25, 0.3) is 6.71 Å². The van der Waals surface area contributed by atoms with Gasteiger partial charge in [0.1, 0.15) is 22.7 Å². The Morgan fingerprint density at radius 1 is 0.590 bits per heavy atom. The second-order valence-electron chi connectivity index (χ2n) is 22.7. The van der Waals surface area contributed by atoms with E-state index in [1.54, 1.807) is 0 Å². The highest BCUT2D eigenvalue weighted by Crippen LogP contribution is 2.53. The first-order valence-corrected chi connectivity index (χ1v) is 22.4. The summed E-state index contributed by atoms with van der Waals surface area (Å²) < 4.78 is 20.8. The fourth-order valence-electron chi connectivity index (χ4n) is 11.0. The Morgan fingerprint density at radius 2 is 1.16 bits per heavy atom. The Labute approximate surface area is 362 Å². The van der Waals surface area contributed by atoms with E-state index in [0.717, 1.165) is 63.6 Å². The molecule has 0 N–H and O–H groups in total. The van der Waals surface area contributed by atoms with Crippen LogP contribution in [-0.4, -0.2) is 13.3 Å². The van der Waals surface area contributed by atoms with Crippen LogP contribution >= 0.6 is 0 Å². The van der Waals surface area contributed by atoms with Crippen molar-refractivity contribution >= 4 is 79.4 Å². The fourth-order valence-corrected chi connectivity index (χ4v) is 11.0. The van der Waals surface area contributed by atoms with Gasteiger partial charge in [0.2, 0.25) is 0 Å². The molecule has 0 saturated heterocycles. The van der Waals surface area contributed by atoms with Crippen LogP contribution < -0.4 is 31.1 Å². The zero-order valence-corrected chi connectivity index (χ0v) is 38.4. The van der Waals surface area contributed by atoms with Crippen LogP contribution in [0.25, 0.3) is 21.9 Å². The van der Waals surface area contributed by atoms with Crippen LogP contribution in [0.5, 0.6) is 5.75 Å². The van der Waals surface area contributed by atoms with Gasteiger partial charge >= 0.3 is 0 Å². The van der Waals surface area contributed by atoms with Gasteiger partial charge in [0.15, 0.2) is 0 Å². The average Bonchev–Trinajstić information content (AvgIpc) is 3.85. The van der Waals surface area contributed by atoms with Gasteiger partial charge in [-0.1, -0.05) is 107 Å². The minimum absolute atomic E-state index is 0.0180. The van der Waals surface area contributed by atoms with E-state index in [1.165, 1.54) is 61.2 Å². The van der Waals surface area contributed by atoms with E-state index in [0.29, 0.717) is 6.61 Å². The van der Waals surface area contributed by atoms with E-state index in [9.17, 15) is 0 Å². The second kappa shape index (κ2) is 12.2. The predicted octanol–water partition coefficient (Wildman–Crippen LogP) is 13.2. The van der Waals surface area contributed by atoms with Crippen molar-refractivity contribution in [3.8, 4) is 5.75 Å². The van der Waals surface area contributed by atoms with Crippen molar-refractivity contribution < 1.29 is 13.6 Å². The molecule has 6 heteroatoms. The van der Waals surface area contributed by atoms with Gasteiger partial charge in [0, 0.05) is 67.2 Å². The molecule has 0 radical (unpaired) electrons. The van der Waals surface area contributed by atoms with Crippen LogP contribution in [0.4, 0.5) is 34.1 Å². The highest BCUT2D eigenvalue weighted by molar-refractivity contribution is 7.00. The highest BCUT2D eigenvalue weighted by Gasteiger charge is 2.49. The molecule has 1 aliphatic carbocycles. The molecule has 0 fully saturated rings. The molecule has 0 amide bonds. The molecule has 310 valence electrons. The second-order valence-corrected chi connectivity index (χ2v) is 22.7. The van der Waals surface area contributed by atoms with Crippen molar-refractivity contribution in [3.63, 3.8) is 0 Å². The number of nitrogens with zero attached hydrogens (tertiary/aromatic N) is 2. The molecule has 0 bridgehead atoms. The van der Waals surface area contributed by atoms with Crippen LogP contribution in [0.2, 0.25) is 0 Å². The largest absolute Gasteiger partial charge is 0.492 e. The Balaban J connectivity index is 1.25. The van der Waals surface area contributed by atoms with E-state index in [4.69, 9.17) is 13.6 Å². The normalized spacial score (nSPS) is 18.1. The molecular formula is C55H59BN2O3. The Morgan fingerprint density at radius 3 is 1.79 bits per heavy atom. The lowest BCUT2D eigenvalue weighted by molar-refractivity contribution is 0.284. The van der Waals surface area contributed by atoms with Crippen molar-refractivity contribution in [3.05, 3.63) is 119 Å². The number of rotatable bonds is 2. The van der Waals surface area contributed by atoms with Gasteiger partial charge in [-0.25, -0.2) is 0 Å². The maximum absolute atomic E-state index is 7.33. The lowest BCUT2D eigenvalue weighted by Gasteiger charge is -2.43. The minimum Gasteiger partial charge on any atom is -0.492 e. The number of aryl methyl sites for hydroxylation is 1. The number of furan rings is 2. The van der Waals surface area contributed by atoms with Crippen molar-refractivity contribution in [1.82, 2.24) is 0 Å². The summed E-state index contributed by atoms with van der Waals surface area (Å²) in [5.74, 6) is 2.05. The van der Waals surface area contributed by atoms with Gasteiger partial charge in [0.05, 0.1) is 18.0 Å². The molecule has 4 aliphatic rings. The summed E-state index contributed by atoms with van der Waals surface area (Å²) in [6, 6.07) is 32.6. The predicted molar refractivity (Wildman–Crippen MR) is 256 cm³/mol. The molecule has 0 saturated carbocycles. The third-order valence-corrected chi connectivity index (χ3v) is 14.7. The fraction of sp³-hybridized carbons (Fsp3) is 0.382. The maximum atomic E-state index is 7.33. The van der Waals surface area contributed by atoms with Gasteiger partial charge in [-0.15, -0.1) is 0 Å². The van der Waals surface area contributed by atoms with Crippen molar-refractivity contribution in [1.29, 1.82) is 0 Å². The Bertz CT molecular complexity index is 2980. The third kappa shape index (κ3) is 5.52. The first-order valence-electron chi connectivity index (χ1n) is 22.4. The molecule has 61 heavy (non-hydrogen) atoms. The monoisotopic (exact) mass is 806 g/mol. The van der Waals surface area contributed by atoms with E-state index in [2.05, 4.69) is 185 Å². The lowest BCUT2D eigenvalue weighted by Crippen LogP contribution is -2.61. The zero-order chi connectivity index (χ0) is 42.9. The van der Waals surface area contributed by atoms with E-state index in [1.807, 2.05) is 0 Å². The van der Waals surface area contributed by atoms with Crippen molar-refractivity contribution in [2.24, 2.45) is 0 Å². The first-order chi connectivity index (χ1) is 28.6. The summed E-state index contributed by atoms with van der Waals surface area (Å²) >= 11 is 0. The summed E-state index contributed by atoms with van der Waals surface area (Å²) in [6.07, 6.45) is 2.21. The van der Waals surface area contributed by atoms with Gasteiger partial charge in [-0.3, -0.25) is 0 Å². The van der Waals surface area contributed by atoms with Crippen molar-refractivity contribution in [2.45, 2.75) is 130 Å². The van der Waals surface area contributed by atoms with E-state index < -0.39 is 0 Å². The average molecular weight is 807 g/mol. The molecule has 0 atom stereocenters. The summed E-state index contributed by atoms with van der Waals surface area (Å²) in [5, 5.41) is 2.33. The molecule has 0 spiro atoms. The topological polar surface area (TPSA) is 42.0 Å². The number of benzene rings is 5. The Hall–Kier alpha value is -5.36. The van der Waals surface area contributed by atoms with Gasteiger partial charge < -0.3 is 23.4 Å². The minimum atomic E-state index is -0.186. The van der Waals surface area contributed by atoms with E-state index >= 15 is 0 Å². The number of hydrogen-bond acceptors (Lipinski definition) is 5. The number of fused-ring (bicyclic) bond motifs is 10. The quantitative estimate of drug-likeness (QED) is 0.163. The number of ether oxygens (including phenoxy) is 1. The standard InChI is InChI=1S/C55H59BN2O3/c1-31-24-41-47-42(25-31)58(35-20-16-33(17-21-35)52(5,6)7)48-37-26-38-45(59-30-55(38,12)13)29-44(37)61-50(48)56(47)39-28-43-36(46-49(60-43)54(10,11)23-22-53(46,8)9)27-40(39)57(41)34-18-14-32(15-19-34)51(2,3)4/h14-21,24-29H,22-23,30H2,1-13H3. The molecule has 0 unspecified atom stereocenters. The maximum Gasteiger partial charge on any atom is 0.297 e. The summed E-state index contributed by atoms with van der Waals surface area (Å²) in [6.45, 7) is 30.5. The van der Waals surface area contributed by atoms with Crippen LogP contribution in [0, 0.1) is 6.92 Å². The lowest BCUT2D eigenvalue weighted by atomic mass is 9.35. The van der Waals surface area contributed by atoms with Crippen LogP contribution in [0.1, 0.15) is 130 Å². The van der Waals surface area contributed by atoms with Crippen LogP contribution in [0.3, 0.4) is 0 Å². The first kappa shape index (κ1) is 38.6. The highest BCUT2D eigenvalue weighted by atomic mass is 16.5. The molecule has 3 aliphatic heterocycles. The molecular weight excluding hydrogens is 747 g/mol. The molecule has 5 aromatic carbocycles. The Kier molecular flexibility index (Phi) is 7.70. The molecule has 7 aromatic rings. The third-order valence-electron chi connectivity index (χ3n) is 14.7. The zero-order valence-electron chi connectivity index (χ0n) is 38.4. The summed E-state index contributed by atoms with van der Waals surface area (Å²) in [4.78, 5) is 5.02. The molecule has 5 heterocycles. The molecule has 5 nitrogen and oxygen atoms in total. The summed E-state index contributed by atoms with van der Waals surface area (Å²) in [7, 11) is 0. The number of anilines is 6. The molecule has 2 aromatic heterocycles. The van der Waals surface area contributed by atoms with Gasteiger partial charge in [-0.05, 0) is 118 Å². The SMILES string of the molecule is Cc1cc2c3c(c1)N(c1ccc(C(C)(C)C)cc1)c1c(oc4cc5c(cc14)C(C)(C)CO5)B3c1cc3oc4c(c3cc1N2c1ccc(C(C)(C)C)cc1)C(C)(C)CCC4(C)C. The van der Waals surface area contributed by atoms with Crippen molar-refractivity contribution in [2.75, 3.05) is 16.4 Å². The molecule has 11 rings (SSSR count). The smallest absolute Gasteiger partial charge is 0.297 e. The van der Waals surface area contributed by atoms with Crippen LogP contribution in [0.15, 0.2) is 93.8 Å². The number of hydrogen-bond donors (Lipinski definition) is 0. The van der Waals surface area contributed by atoms with Gasteiger partial charge in [-0.2, -0.15) is 0 Å². The van der Waals surface area contributed by atoms with Crippen LogP contribution in [-0.2, 0) is 27.1 Å². The summed E-state index contributed by atoms with van der Waals surface area (Å²) in [5.41, 5.74) is 18.4. The van der Waals surface area contributed by atoms with E-state index in [-0.39, 0.29) is 33.8 Å².